The quantitative estimate of drug-likeness (QED) is 0.571. The van der Waals surface area contributed by atoms with E-state index in [0.717, 1.165) is 0 Å². The van der Waals surface area contributed by atoms with E-state index in [4.69, 9.17) is 11.5 Å². The number of hydrogen-bond donors (Lipinski definition) is 2. The monoisotopic (exact) mass is 316 g/mol. The van der Waals surface area contributed by atoms with Crippen molar-refractivity contribution >= 4 is 22.9 Å². The number of carbonyl (C=O) groups is 2. The lowest BCUT2D eigenvalue weighted by molar-refractivity contribution is 0.102. The van der Waals surface area contributed by atoms with Gasteiger partial charge in [-0.1, -0.05) is 24.3 Å². The molecule has 4 nitrogen and oxygen atoms in total. The van der Waals surface area contributed by atoms with Crippen molar-refractivity contribution < 1.29 is 9.59 Å². The minimum Gasteiger partial charge on any atom is -0.399 e. The van der Waals surface area contributed by atoms with E-state index in [2.05, 4.69) is 0 Å². The molecule has 4 N–H and O–H groups in total. The fourth-order valence-corrected chi connectivity index (χ4v) is 2.38. The van der Waals surface area contributed by atoms with E-state index in [1.165, 1.54) is 0 Å². The largest absolute Gasteiger partial charge is 0.399 e. The van der Waals surface area contributed by atoms with E-state index in [-0.39, 0.29) is 11.6 Å². The zero-order valence-corrected chi connectivity index (χ0v) is 12.9. The Morgan fingerprint density at radius 2 is 0.667 bits per heavy atom. The van der Waals surface area contributed by atoms with Crippen molar-refractivity contribution in [1.82, 2.24) is 0 Å². The number of nitrogens with two attached hydrogens (primary N) is 2. The van der Waals surface area contributed by atoms with Gasteiger partial charge in [0.15, 0.2) is 11.6 Å². The SMILES string of the molecule is Nc1ccc(C(=O)c2ccc(C(=O)c3ccc(N)cc3)cc2)cc1. The highest BCUT2D eigenvalue weighted by molar-refractivity contribution is 6.11. The Labute approximate surface area is 139 Å². The van der Waals surface area contributed by atoms with E-state index in [1.54, 1.807) is 72.8 Å². The van der Waals surface area contributed by atoms with Crippen molar-refractivity contribution in [3.63, 3.8) is 0 Å². The molecule has 0 bridgehead atoms. The van der Waals surface area contributed by atoms with E-state index in [9.17, 15) is 9.59 Å². The van der Waals surface area contributed by atoms with Gasteiger partial charge < -0.3 is 11.5 Å². The van der Waals surface area contributed by atoms with E-state index in [1.807, 2.05) is 0 Å². The molecule has 0 saturated heterocycles. The van der Waals surface area contributed by atoms with Gasteiger partial charge in [-0.15, -0.1) is 0 Å². The van der Waals surface area contributed by atoms with Crippen LogP contribution in [0.25, 0.3) is 0 Å². The average molecular weight is 316 g/mol. The third-order valence-corrected chi connectivity index (χ3v) is 3.76. The van der Waals surface area contributed by atoms with Crippen LogP contribution < -0.4 is 11.5 Å². The number of benzene rings is 3. The molecule has 0 spiro atoms. The Kier molecular flexibility index (Phi) is 4.12. The second-order valence-corrected chi connectivity index (χ2v) is 5.48. The molecule has 0 amide bonds. The van der Waals surface area contributed by atoms with Crippen molar-refractivity contribution in [1.29, 1.82) is 0 Å². The highest BCUT2D eigenvalue weighted by atomic mass is 16.1. The highest BCUT2D eigenvalue weighted by Gasteiger charge is 2.12. The molecule has 0 heterocycles. The van der Waals surface area contributed by atoms with Crippen LogP contribution in [0.2, 0.25) is 0 Å². The molecule has 0 saturated carbocycles. The second-order valence-electron chi connectivity index (χ2n) is 5.48. The minimum absolute atomic E-state index is 0.110. The van der Waals surface area contributed by atoms with Gasteiger partial charge in [-0.3, -0.25) is 9.59 Å². The summed E-state index contributed by atoms with van der Waals surface area (Å²) < 4.78 is 0. The molecule has 3 aromatic carbocycles. The van der Waals surface area contributed by atoms with E-state index < -0.39 is 0 Å². The minimum atomic E-state index is -0.110. The van der Waals surface area contributed by atoms with Gasteiger partial charge in [-0.2, -0.15) is 0 Å². The smallest absolute Gasteiger partial charge is 0.193 e. The molecule has 0 aliphatic rings. The van der Waals surface area contributed by atoms with Crippen molar-refractivity contribution in [3.05, 3.63) is 95.1 Å². The van der Waals surface area contributed by atoms with E-state index in [0.29, 0.717) is 33.6 Å². The first-order chi connectivity index (χ1) is 11.5. The number of rotatable bonds is 4. The third-order valence-electron chi connectivity index (χ3n) is 3.76. The molecule has 118 valence electrons. The van der Waals surface area contributed by atoms with Crippen molar-refractivity contribution in [2.75, 3.05) is 11.5 Å². The molecular formula is C20H16N2O2. The van der Waals surface area contributed by atoms with E-state index >= 15 is 0 Å². The molecule has 3 rings (SSSR count). The van der Waals surface area contributed by atoms with Crippen LogP contribution in [0.3, 0.4) is 0 Å². The average Bonchev–Trinajstić information content (AvgIpc) is 2.62. The van der Waals surface area contributed by atoms with Crippen LogP contribution in [0.15, 0.2) is 72.8 Å². The molecule has 0 unspecified atom stereocenters. The Hall–Kier alpha value is -3.40. The Morgan fingerprint density at radius 3 is 0.917 bits per heavy atom. The summed E-state index contributed by atoms with van der Waals surface area (Å²) in [5.41, 5.74) is 14.6. The summed E-state index contributed by atoms with van der Waals surface area (Å²) in [6, 6.07) is 20.1. The van der Waals surface area contributed by atoms with Crippen LogP contribution >= 0.6 is 0 Å². The number of ketones is 2. The first kappa shape index (κ1) is 15.5. The lowest BCUT2D eigenvalue weighted by Crippen LogP contribution is -2.04. The molecule has 4 heteroatoms. The van der Waals surface area contributed by atoms with Crippen molar-refractivity contribution in [3.8, 4) is 0 Å². The normalized spacial score (nSPS) is 10.3. The summed E-state index contributed by atoms with van der Waals surface area (Å²) in [5, 5.41) is 0. The maximum Gasteiger partial charge on any atom is 0.193 e. The number of anilines is 2. The van der Waals surface area contributed by atoms with Crippen LogP contribution in [0.4, 0.5) is 11.4 Å². The zero-order valence-electron chi connectivity index (χ0n) is 12.9. The summed E-state index contributed by atoms with van der Waals surface area (Å²) in [6.07, 6.45) is 0. The summed E-state index contributed by atoms with van der Waals surface area (Å²) in [5.74, 6) is -0.219. The van der Waals surface area contributed by atoms with Gasteiger partial charge in [0.05, 0.1) is 0 Å². The van der Waals surface area contributed by atoms with Gasteiger partial charge in [-0.25, -0.2) is 0 Å². The van der Waals surface area contributed by atoms with Crippen LogP contribution in [0.5, 0.6) is 0 Å². The van der Waals surface area contributed by atoms with Crippen LogP contribution in [-0.4, -0.2) is 11.6 Å². The number of hydrogen-bond acceptors (Lipinski definition) is 4. The van der Waals surface area contributed by atoms with Crippen molar-refractivity contribution in [2.45, 2.75) is 0 Å². The Morgan fingerprint density at radius 1 is 0.458 bits per heavy atom. The summed E-state index contributed by atoms with van der Waals surface area (Å²) in [7, 11) is 0. The van der Waals surface area contributed by atoms with Crippen LogP contribution in [-0.2, 0) is 0 Å². The highest BCUT2D eigenvalue weighted by Crippen LogP contribution is 2.16. The topological polar surface area (TPSA) is 86.2 Å². The number of nitrogen functional groups attached to an aromatic ring is 2. The van der Waals surface area contributed by atoms with Gasteiger partial charge in [0.2, 0.25) is 0 Å². The lowest BCUT2D eigenvalue weighted by Gasteiger charge is -2.05. The summed E-state index contributed by atoms with van der Waals surface area (Å²) in [4.78, 5) is 24.8. The van der Waals surface area contributed by atoms with Gasteiger partial charge in [-0.05, 0) is 48.5 Å². The molecule has 0 fully saturated rings. The third kappa shape index (κ3) is 3.17. The van der Waals surface area contributed by atoms with Gasteiger partial charge in [0.25, 0.3) is 0 Å². The fourth-order valence-electron chi connectivity index (χ4n) is 2.38. The van der Waals surface area contributed by atoms with Gasteiger partial charge in [0, 0.05) is 33.6 Å². The summed E-state index contributed by atoms with van der Waals surface area (Å²) >= 11 is 0. The Bertz CT molecular complexity index is 804. The lowest BCUT2D eigenvalue weighted by atomic mass is 9.98. The fraction of sp³-hybridized carbons (Fsp3) is 0. The molecule has 3 aromatic rings. The predicted octanol–water partition coefficient (Wildman–Crippen LogP) is 3.31. The molecule has 0 aliphatic heterocycles. The Balaban J connectivity index is 1.82. The maximum absolute atomic E-state index is 12.4. The van der Waals surface area contributed by atoms with Crippen molar-refractivity contribution in [2.24, 2.45) is 0 Å². The molecular weight excluding hydrogens is 300 g/mol. The molecule has 0 aliphatic carbocycles. The molecule has 0 atom stereocenters. The summed E-state index contributed by atoms with van der Waals surface area (Å²) in [6.45, 7) is 0. The maximum atomic E-state index is 12.4. The molecule has 0 aromatic heterocycles. The molecule has 24 heavy (non-hydrogen) atoms. The van der Waals surface area contributed by atoms with Crippen LogP contribution in [0.1, 0.15) is 31.8 Å². The van der Waals surface area contributed by atoms with Gasteiger partial charge >= 0.3 is 0 Å². The first-order valence-electron chi connectivity index (χ1n) is 7.45. The predicted molar refractivity (Wildman–Crippen MR) is 95.0 cm³/mol. The van der Waals surface area contributed by atoms with Gasteiger partial charge in [0.1, 0.15) is 0 Å². The first-order valence-corrected chi connectivity index (χ1v) is 7.45. The number of carbonyl (C=O) groups excluding carboxylic acids is 2. The standard InChI is InChI=1S/C20H16N2O2/c21-17-9-5-15(6-10-17)19(23)13-1-2-14(4-3-13)20(24)16-7-11-18(22)12-8-16/h1-12H,21-22H2. The second kappa shape index (κ2) is 6.38. The molecule has 0 radical (unpaired) electrons. The zero-order chi connectivity index (χ0) is 17.1. The van der Waals surface area contributed by atoms with Crippen LogP contribution in [0, 0.1) is 0 Å².